The predicted molar refractivity (Wildman–Crippen MR) is 149 cm³/mol. The second kappa shape index (κ2) is 10.5. The van der Waals surface area contributed by atoms with Crippen LogP contribution in [0.1, 0.15) is 44.1 Å². The minimum absolute atomic E-state index is 0.131. The Morgan fingerprint density at radius 1 is 1.00 bits per heavy atom. The Morgan fingerprint density at radius 3 is 2.42 bits per heavy atom. The summed E-state index contributed by atoms with van der Waals surface area (Å²) in [6, 6.07) is 16.3. The first-order valence-corrected chi connectivity index (χ1v) is 13.9. The van der Waals surface area contributed by atoms with Crippen LogP contribution < -0.4 is 10.6 Å². The van der Waals surface area contributed by atoms with Crippen LogP contribution in [0.2, 0.25) is 0 Å². The maximum Gasteiger partial charge on any atom is 0.325 e. The number of rotatable bonds is 6. The van der Waals surface area contributed by atoms with E-state index in [1.165, 1.54) is 23.1 Å². The first-order chi connectivity index (χ1) is 19.3. The zero-order valence-corrected chi connectivity index (χ0v) is 22.1. The fourth-order valence-electron chi connectivity index (χ4n) is 7.00. The van der Waals surface area contributed by atoms with E-state index < -0.39 is 22.9 Å². The van der Waals surface area contributed by atoms with Gasteiger partial charge in [-0.2, -0.15) is 0 Å². The second-order valence-electron chi connectivity index (χ2n) is 11.2. The quantitative estimate of drug-likeness (QED) is 0.348. The van der Waals surface area contributed by atoms with Crippen LogP contribution in [0.25, 0.3) is 10.8 Å². The largest absolute Gasteiger partial charge is 0.368 e. The molecule has 3 aromatic rings. The van der Waals surface area contributed by atoms with Gasteiger partial charge in [-0.05, 0) is 79.1 Å². The normalized spacial score (nSPS) is 24.4. The highest BCUT2D eigenvalue weighted by atomic mass is 19.1. The van der Waals surface area contributed by atoms with Gasteiger partial charge in [0.15, 0.2) is 0 Å². The lowest BCUT2D eigenvalue weighted by Crippen LogP contribution is -2.57. The number of amides is 3. The van der Waals surface area contributed by atoms with E-state index in [0.29, 0.717) is 32.2 Å². The van der Waals surface area contributed by atoms with Crippen molar-refractivity contribution in [1.82, 2.24) is 9.80 Å². The summed E-state index contributed by atoms with van der Waals surface area (Å²) in [5, 5.41) is 13.8. The van der Waals surface area contributed by atoms with Crippen molar-refractivity contribution in [3.05, 3.63) is 82.2 Å². The average Bonchev–Trinajstić information content (AvgIpc) is 3.51. The number of nitrogens with two attached hydrogens (primary N) is 1. The smallest absolute Gasteiger partial charge is 0.325 e. The number of likely N-dealkylation sites (tertiary alicyclic amines) is 1. The summed E-state index contributed by atoms with van der Waals surface area (Å²) in [5.41, 5.74) is 6.89. The molecule has 2 bridgehead atoms. The molecule has 3 aromatic carbocycles. The molecule has 4 atom stereocenters. The third-order valence-corrected chi connectivity index (χ3v) is 8.83. The zero-order valence-electron chi connectivity index (χ0n) is 22.1. The van der Waals surface area contributed by atoms with Crippen LogP contribution in [0.15, 0.2) is 60.7 Å². The van der Waals surface area contributed by atoms with Gasteiger partial charge in [-0.3, -0.25) is 24.7 Å². The van der Waals surface area contributed by atoms with Crippen LogP contribution in [0.4, 0.5) is 20.6 Å². The van der Waals surface area contributed by atoms with Crippen LogP contribution in [-0.2, 0) is 11.3 Å². The number of para-hydroxylation sites is 2. The average molecular weight is 546 g/mol. The van der Waals surface area contributed by atoms with E-state index in [4.69, 9.17) is 5.73 Å². The molecule has 6 rings (SSSR count). The first kappa shape index (κ1) is 26.2. The van der Waals surface area contributed by atoms with Crippen molar-refractivity contribution < 1.29 is 18.9 Å². The third kappa shape index (κ3) is 4.77. The van der Waals surface area contributed by atoms with Crippen LogP contribution in [0.3, 0.4) is 0 Å². The Labute approximate surface area is 231 Å². The van der Waals surface area contributed by atoms with E-state index in [1.54, 1.807) is 29.2 Å². The van der Waals surface area contributed by atoms with Crippen molar-refractivity contribution in [2.45, 2.75) is 69.2 Å². The Kier molecular flexibility index (Phi) is 6.87. The number of urea groups is 1. The number of nitro groups is 1. The highest BCUT2D eigenvalue weighted by Crippen LogP contribution is 2.42. The predicted octanol–water partition coefficient (Wildman–Crippen LogP) is 4.96. The number of piperidine rings is 1. The highest BCUT2D eigenvalue weighted by molar-refractivity contribution is 5.98. The number of anilines is 1. The Hall–Kier alpha value is -4.05. The molecule has 3 fully saturated rings. The van der Waals surface area contributed by atoms with Gasteiger partial charge in [-0.1, -0.05) is 30.3 Å². The van der Waals surface area contributed by atoms with Crippen molar-refractivity contribution in [1.29, 1.82) is 0 Å². The van der Waals surface area contributed by atoms with E-state index in [9.17, 15) is 24.1 Å². The number of hydrogen-bond donors (Lipinski definition) is 1. The van der Waals surface area contributed by atoms with Gasteiger partial charge >= 0.3 is 6.03 Å². The summed E-state index contributed by atoms with van der Waals surface area (Å²) < 4.78 is 13.6. The number of carbonyl (C=O) groups is 2. The molecule has 3 saturated heterocycles. The molecule has 0 spiro atoms. The number of nitrogens with zero attached hydrogens (tertiary/aromatic N) is 4. The molecule has 10 heteroatoms. The Balaban J connectivity index is 1.28. The Bertz CT molecular complexity index is 1470. The lowest BCUT2D eigenvalue weighted by molar-refractivity contribution is -0.384. The van der Waals surface area contributed by atoms with Gasteiger partial charge in [0, 0.05) is 37.3 Å². The third-order valence-electron chi connectivity index (χ3n) is 8.83. The van der Waals surface area contributed by atoms with Crippen LogP contribution in [-0.4, -0.2) is 57.4 Å². The summed E-state index contributed by atoms with van der Waals surface area (Å²) in [4.78, 5) is 43.3. The summed E-state index contributed by atoms with van der Waals surface area (Å²) >= 11 is 0. The zero-order chi connectivity index (χ0) is 28.0. The summed E-state index contributed by atoms with van der Waals surface area (Å²) in [7, 11) is 0. The van der Waals surface area contributed by atoms with E-state index in [-0.39, 0.29) is 35.3 Å². The summed E-state index contributed by atoms with van der Waals surface area (Å²) in [6.45, 7) is 1.13. The molecule has 3 amide bonds. The lowest BCUT2D eigenvalue weighted by Gasteiger charge is -2.44. The van der Waals surface area contributed by atoms with E-state index in [0.717, 1.165) is 35.7 Å². The first-order valence-electron chi connectivity index (χ1n) is 13.9. The van der Waals surface area contributed by atoms with E-state index in [2.05, 4.69) is 11.0 Å². The Morgan fingerprint density at radius 2 is 1.70 bits per heavy atom. The standard InChI is InChI=1S/C30H32FN5O4/c31-22-10-9-20-14-19(7-8-21(20)15-22)18-34-23-11-12-24(34)17-25(16-23)35(26-4-1-2-5-27(26)36(39)40)30(38)33-13-3-6-28(33)29(32)37/h1-2,4-5,7-10,14-15,23-25,28H,3,6,11-13,16-18H2,(H2,32,37)/t23-,24+,25-,28-/m0/s1. The monoisotopic (exact) mass is 545 g/mol. The van der Waals surface area contributed by atoms with Crippen LogP contribution in [0.5, 0.6) is 0 Å². The van der Waals surface area contributed by atoms with Gasteiger partial charge in [0.05, 0.1) is 4.92 Å². The SMILES string of the molecule is NC(=O)[C@@H]1CCCN1C(=O)N(c1ccccc1[N+](=O)[O-])[C@@H]1C[C@H]2CC[C@@H](C1)N2Cc1ccc2cc(F)ccc2c1. The molecule has 3 aliphatic rings. The van der Waals surface area contributed by atoms with E-state index >= 15 is 0 Å². The number of benzene rings is 3. The fourth-order valence-corrected chi connectivity index (χ4v) is 7.00. The fraction of sp³-hybridized carbons (Fsp3) is 0.400. The number of nitro benzene ring substituents is 1. The minimum atomic E-state index is -0.712. The molecular formula is C30H32FN5O4. The summed E-state index contributed by atoms with van der Waals surface area (Å²) in [6.07, 6.45) is 4.45. The van der Waals surface area contributed by atoms with Gasteiger partial charge in [-0.15, -0.1) is 0 Å². The number of fused-ring (bicyclic) bond motifs is 3. The van der Waals surface area contributed by atoms with Gasteiger partial charge in [0.2, 0.25) is 5.91 Å². The molecule has 40 heavy (non-hydrogen) atoms. The maximum absolute atomic E-state index is 14.1. The molecule has 9 nitrogen and oxygen atoms in total. The molecule has 0 aromatic heterocycles. The molecular weight excluding hydrogens is 513 g/mol. The van der Waals surface area contributed by atoms with E-state index in [1.807, 2.05) is 12.1 Å². The number of hydrogen-bond acceptors (Lipinski definition) is 5. The maximum atomic E-state index is 14.1. The molecule has 3 aliphatic heterocycles. The van der Waals surface area contributed by atoms with Crippen molar-refractivity contribution in [2.24, 2.45) is 5.73 Å². The molecule has 0 aliphatic carbocycles. The number of carbonyl (C=O) groups excluding carboxylic acids is 2. The van der Waals surface area contributed by atoms with Gasteiger partial charge in [0.25, 0.3) is 5.69 Å². The highest BCUT2D eigenvalue weighted by Gasteiger charge is 2.46. The number of halogens is 1. The van der Waals surface area contributed by atoms with Crippen LogP contribution >= 0.6 is 0 Å². The van der Waals surface area contributed by atoms with Gasteiger partial charge < -0.3 is 10.6 Å². The van der Waals surface area contributed by atoms with Crippen molar-refractivity contribution in [2.75, 3.05) is 11.4 Å². The van der Waals surface area contributed by atoms with Crippen molar-refractivity contribution >= 4 is 34.1 Å². The number of primary amides is 1. The topological polar surface area (TPSA) is 113 Å². The van der Waals surface area contributed by atoms with Gasteiger partial charge in [0.1, 0.15) is 17.5 Å². The molecule has 0 radical (unpaired) electrons. The summed E-state index contributed by atoms with van der Waals surface area (Å²) in [5.74, 6) is -0.810. The van der Waals surface area contributed by atoms with Crippen molar-refractivity contribution in [3.8, 4) is 0 Å². The molecule has 0 saturated carbocycles. The van der Waals surface area contributed by atoms with Crippen LogP contribution in [0, 0.1) is 15.9 Å². The van der Waals surface area contributed by atoms with Crippen molar-refractivity contribution in [3.63, 3.8) is 0 Å². The minimum Gasteiger partial charge on any atom is -0.368 e. The second-order valence-corrected chi connectivity index (χ2v) is 11.2. The molecule has 0 unspecified atom stereocenters. The molecule has 3 heterocycles. The molecule has 208 valence electrons. The molecule has 2 N–H and O–H groups in total. The lowest BCUT2D eigenvalue weighted by atomic mass is 9.94. The van der Waals surface area contributed by atoms with Gasteiger partial charge in [-0.25, -0.2) is 9.18 Å².